The summed E-state index contributed by atoms with van der Waals surface area (Å²) in [5.74, 6) is 1.53. The van der Waals surface area contributed by atoms with E-state index < -0.39 is 0 Å². The van der Waals surface area contributed by atoms with Crippen molar-refractivity contribution >= 4 is 5.91 Å². The van der Waals surface area contributed by atoms with Gasteiger partial charge in [0.1, 0.15) is 6.54 Å². The highest BCUT2D eigenvalue weighted by Crippen LogP contribution is 2.38. The molecular formula is C17H26N6O2. The molecule has 1 fully saturated rings. The maximum atomic E-state index is 12.8. The summed E-state index contributed by atoms with van der Waals surface area (Å²) in [6.07, 6.45) is 2.04. The van der Waals surface area contributed by atoms with E-state index in [1.807, 2.05) is 11.8 Å². The van der Waals surface area contributed by atoms with Crippen molar-refractivity contribution in [3.63, 3.8) is 0 Å². The Morgan fingerprint density at radius 3 is 2.44 bits per heavy atom. The lowest BCUT2D eigenvalue weighted by molar-refractivity contribution is 0.0502. The molecule has 2 aromatic rings. The van der Waals surface area contributed by atoms with Crippen LogP contribution in [0.2, 0.25) is 0 Å². The van der Waals surface area contributed by atoms with Gasteiger partial charge in [-0.05, 0) is 31.1 Å². The molecule has 1 amide bonds. The normalized spacial score (nSPS) is 17.3. The van der Waals surface area contributed by atoms with E-state index in [4.69, 9.17) is 4.42 Å². The molecule has 1 aliphatic rings. The summed E-state index contributed by atoms with van der Waals surface area (Å²) >= 11 is 0. The topological polar surface area (TPSA) is 89.9 Å². The molecule has 25 heavy (non-hydrogen) atoms. The molecule has 8 heteroatoms. The summed E-state index contributed by atoms with van der Waals surface area (Å²) in [5, 5.41) is 15.9. The average Bonchev–Trinajstić information content (AvgIpc) is 3.14. The van der Waals surface area contributed by atoms with E-state index in [2.05, 4.69) is 41.3 Å². The maximum absolute atomic E-state index is 12.8. The number of nitrogens with zero attached hydrogens (tertiary/aromatic N) is 6. The van der Waals surface area contributed by atoms with Crippen LogP contribution in [0.15, 0.2) is 4.42 Å². The van der Waals surface area contributed by atoms with Gasteiger partial charge in [-0.15, -0.1) is 15.3 Å². The Morgan fingerprint density at radius 1 is 1.20 bits per heavy atom. The van der Waals surface area contributed by atoms with E-state index in [-0.39, 0.29) is 5.91 Å². The van der Waals surface area contributed by atoms with Gasteiger partial charge in [0, 0.05) is 20.0 Å². The van der Waals surface area contributed by atoms with Crippen molar-refractivity contribution in [2.45, 2.75) is 54.0 Å². The fraction of sp³-hybridized carbons (Fsp3) is 0.706. The molecule has 8 nitrogen and oxygen atoms in total. The third-order valence-electron chi connectivity index (χ3n) is 5.62. The van der Waals surface area contributed by atoms with Gasteiger partial charge in [-0.2, -0.15) is 0 Å². The van der Waals surface area contributed by atoms with Crippen LogP contribution in [-0.2, 0) is 6.54 Å². The zero-order valence-corrected chi connectivity index (χ0v) is 15.6. The second kappa shape index (κ2) is 6.57. The van der Waals surface area contributed by atoms with E-state index in [0.29, 0.717) is 35.4 Å². The number of carbonyl (C=O) groups excluding carboxylic acids is 1. The van der Waals surface area contributed by atoms with Crippen LogP contribution >= 0.6 is 0 Å². The molecule has 0 atom stereocenters. The minimum absolute atomic E-state index is 0.0451. The number of aryl methyl sites for hydroxylation is 1. The van der Waals surface area contributed by atoms with Gasteiger partial charge in [0.2, 0.25) is 11.8 Å². The second-order valence-corrected chi connectivity index (χ2v) is 7.50. The number of aromatic nitrogens is 5. The molecule has 0 aromatic carbocycles. The summed E-state index contributed by atoms with van der Waals surface area (Å²) < 4.78 is 6.99. The first kappa shape index (κ1) is 17.6. The first-order chi connectivity index (χ1) is 11.8. The van der Waals surface area contributed by atoms with Crippen molar-refractivity contribution < 1.29 is 9.21 Å². The van der Waals surface area contributed by atoms with E-state index in [9.17, 15) is 4.79 Å². The summed E-state index contributed by atoms with van der Waals surface area (Å²) in [6, 6.07) is 0. The smallest absolute Gasteiger partial charge is 0.276 e. The van der Waals surface area contributed by atoms with E-state index in [1.54, 1.807) is 11.6 Å². The zero-order valence-electron chi connectivity index (χ0n) is 15.6. The Balaban J connectivity index is 1.69. The SMILES string of the molecule is Cc1nnc(Cn2nnc(C(=O)N3CCC(C)(C(C)C)CC3)c2C)o1. The van der Waals surface area contributed by atoms with Gasteiger partial charge < -0.3 is 9.32 Å². The predicted octanol–water partition coefficient (Wildman–Crippen LogP) is 2.22. The standard InChI is InChI=1S/C17H26N6O2/c1-11(2)17(5)6-8-22(9-7-17)16(24)15-12(3)23(21-20-15)10-14-19-18-13(4)25-14/h11H,6-10H2,1-5H3. The van der Waals surface area contributed by atoms with Crippen molar-refractivity contribution in [3.05, 3.63) is 23.2 Å². The summed E-state index contributed by atoms with van der Waals surface area (Å²) in [7, 11) is 0. The van der Waals surface area contributed by atoms with Crippen LogP contribution in [0.1, 0.15) is 61.6 Å². The van der Waals surface area contributed by atoms with Gasteiger partial charge in [-0.1, -0.05) is 26.0 Å². The molecule has 3 heterocycles. The summed E-state index contributed by atoms with van der Waals surface area (Å²) in [6.45, 7) is 12.3. The number of amides is 1. The van der Waals surface area contributed by atoms with E-state index >= 15 is 0 Å². The summed E-state index contributed by atoms with van der Waals surface area (Å²) in [4.78, 5) is 14.7. The third kappa shape index (κ3) is 3.43. The van der Waals surface area contributed by atoms with Crippen LogP contribution < -0.4 is 0 Å². The molecule has 2 aromatic heterocycles. The molecule has 0 spiro atoms. The van der Waals surface area contributed by atoms with Crippen molar-refractivity contribution in [2.24, 2.45) is 11.3 Å². The largest absolute Gasteiger partial charge is 0.424 e. The minimum Gasteiger partial charge on any atom is -0.424 e. The molecule has 0 unspecified atom stereocenters. The Kier molecular flexibility index (Phi) is 4.62. The number of hydrogen-bond donors (Lipinski definition) is 0. The monoisotopic (exact) mass is 346 g/mol. The van der Waals surface area contributed by atoms with Gasteiger partial charge in [0.15, 0.2) is 5.69 Å². The molecule has 0 bridgehead atoms. The van der Waals surface area contributed by atoms with Gasteiger partial charge in [-0.25, -0.2) is 4.68 Å². The summed E-state index contributed by atoms with van der Waals surface area (Å²) in [5.41, 5.74) is 1.43. The van der Waals surface area contributed by atoms with Crippen molar-refractivity contribution in [2.75, 3.05) is 13.1 Å². The van der Waals surface area contributed by atoms with Crippen LogP contribution in [0.5, 0.6) is 0 Å². The first-order valence-electron chi connectivity index (χ1n) is 8.78. The molecule has 0 N–H and O–H groups in total. The molecule has 0 aliphatic carbocycles. The van der Waals surface area contributed by atoms with E-state index in [0.717, 1.165) is 31.6 Å². The molecule has 136 valence electrons. The average molecular weight is 346 g/mol. The van der Waals surface area contributed by atoms with Crippen molar-refractivity contribution in [3.8, 4) is 0 Å². The first-order valence-corrected chi connectivity index (χ1v) is 8.78. The molecule has 1 saturated heterocycles. The number of carbonyl (C=O) groups is 1. The minimum atomic E-state index is -0.0451. The van der Waals surface area contributed by atoms with Crippen molar-refractivity contribution in [1.82, 2.24) is 30.1 Å². The Hall–Kier alpha value is -2.25. The predicted molar refractivity (Wildman–Crippen MR) is 91.0 cm³/mol. The van der Waals surface area contributed by atoms with Crippen LogP contribution in [0.4, 0.5) is 0 Å². The van der Waals surface area contributed by atoms with Crippen LogP contribution in [-0.4, -0.2) is 49.1 Å². The Morgan fingerprint density at radius 2 is 1.88 bits per heavy atom. The molecule has 0 saturated carbocycles. The van der Waals surface area contributed by atoms with Gasteiger partial charge in [0.05, 0.1) is 5.69 Å². The highest BCUT2D eigenvalue weighted by atomic mass is 16.4. The lowest BCUT2D eigenvalue weighted by Crippen LogP contribution is -2.44. The fourth-order valence-corrected chi connectivity index (χ4v) is 3.19. The quantitative estimate of drug-likeness (QED) is 0.843. The van der Waals surface area contributed by atoms with Gasteiger partial charge in [-0.3, -0.25) is 4.79 Å². The molecular weight excluding hydrogens is 320 g/mol. The highest BCUT2D eigenvalue weighted by molar-refractivity contribution is 5.93. The fourth-order valence-electron chi connectivity index (χ4n) is 3.19. The van der Waals surface area contributed by atoms with Gasteiger partial charge in [0.25, 0.3) is 5.91 Å². The molecule has 1 aliphatic heterocycles. The van der Waals surface area contributed by atoms with Crippen LogP contribution in [0.3, 0.4) is 0 Å². The van der Waals surface area contributed by atoms with Gasteiger partial charge >= 0.3 is 0 Å². The molecule has 0 radical (unpaired) electrons. The van der Waals surface area contributed by atoms with Crippen LogP contribution in [0.25, 0.3) is 0 Å². The lowest BCUT2D eigenvalue weighted by atomic mass is 9.72. The highest BCUT2D eigenvalue weighted by Gasteiger charge is 2.35. The Bertz CT molecular complexity index is 755. The third-order valence-corrected chi connectivity index (χ3v) is 5.62. The maximum Gasteiger partial charge on any atom is 0.276 e. The molecule has 3 rings (SSSR count). The number of likely N-dealkylation sites (tertiary alicyclic amines) is 1. The number of piperidine rings is 1. The van der Waals surface area contributed by atoms with E-state index in [1.165, 1.54) is 0 Å². The van der Waals surface area contributed by atoms with Crippen LogP contribution in [0, 0.1) is 25.2 Å². The lowest BCUT2D eigenvalue weighted by Gasteiger charge is -2.42. The number of rotatable bonds is 4. The zero-order chi connectivity index (χ0) is 18.2. The number of hydrogen-bond acceptors (Lipinski definition) is 6. The Labute approximate surface area is 147 Å². The van der Waals surface area contributed by atoms with Crippen molar-refractivity contribution in [1.29, 1.82) is 0 Å². The second-order valence-electron chi connectivity index (χ2n) is 7.50.